The second-order valence-electron chi connectivity index (χ2n) is 6.73. The van der Waals surface area contributed by atoms with Gasteiger partial charge in [-0.25, -0.2) is 4.99 Å². The first-order valence-corrected chi connectivity index (χ1v) is 9.60. The number of hydrogen-bond acceptors (Lipinski definition) is 3. The monoisotopic (exact) mass is 367 g/mol. The van der Waals surface area contributed by atoms with Gasteiger partial charge in [0.2, 0.25) is 0 Å². The van der Waals surface area contributed by atoms with E-state index in [9.17, 15) is 0 Å². The fraction of sp³-hybridized carbons (Fsp3) is 0.409. The molecule has 0 aliphatic carbocycles. The number of fused-ring (bicyclic) bond motifs is 1. The molecule has 3 rings (SSSR count). The summed E-state index contributed by atoms with van der Waals surface area (Å²) in [6.07, 6.45) is 1.96. The summed E-state index contributed by atoms with van der Waals surface area (Å²) in [6.45, 7) is 7.17. The molecule has 0 amide bonds. The van der Waals surface area contributed by atoms with Gasteiger partial charge in [0, 0.05) is 25.1 Å². The minimum Gasteiger partial charge on any atom is -0.496 e. The third-order valence-electron chi connectivity index (χ3n) is 4.65. The van der Waals surface area contributed by atoms with Gasteiger partial charge in [-0.1, -0.05) is 24.3 Å². The Morgan fingerprint density at radius 2 is 2.07 bits per heavy atom. The molecule has 1 aliphatic heterocycles. The van der Waals surface area contributed by atoms with E-state index in [1.54, 1.807) is 7.11 Å². The number of guanidine groups is 1. The van der Waals surface area contributed by atoms with Gasteiger partial charge in [0.15, 0.2) is 5.96 Å². The van der Waals surface area contributed by atoms with Crippen LogP contribution in [-0.4, -0.2) is 32.8 Å². The minimum absolute atomic E-state index is 0.578. The van der Waals surface area contributed by atoms with Gasteiger partial charge < -0.3 is 20.1 Å². The van der Waals surface area contributed by atoms with Crippen molar-refractivity contribution in [2.24, 2.45) is 4.99 Å². The van der Waals surface area contributed by atoms with Crippen molar-refractivity contribution in [2.45, 2.75) is 33.2 Å². The number of ether oxygens (including phenoxy) is 2. The molecule has 2 aromatic rings. The molecule has 0 saturated carbocycles. The molecule has 5 nitrogen and oxygen atoms in total. The maximum atomic E-state index is 5.57. The zero-order chi connectivity index (χ0) is 19.1. The fourth-order valence-electron chi connectivity index (χ4n) is 3.21. The van der Waals surface area contributed by atoms with Crippen LogP contribution in [0.2, 0.25) is 0 Å². The quantitative estimate of drug-likeness (QED) is 0.583. The smallest absolute Gasteiger partial charge is 0.191 e. The molecule has 27 heavy (non-hydrogen) atoms. The molecule has 1 aliphatic rings. The van der Waals surface area contributed by atoms with Crippen molar-refractivity contribution in [1.82, 2.24) is 10.6 Å². The summed E-state index contributed by atoms with van der Waals surface area (Å²) < 4.78 is 11.0. The summed E-state index contributed by atoms with van der Waals surface area (Å²) in [5.41, 5.74) is 4.91. The predicted octanol–water partition coefficient (Wildman–Crippen LogP) is 3.24. The van der Waals surface area contributed by atoms with Crippen molar-refractivity contribution in [2.75, 3.05) is 26.8 Å². The number of aliphatic imine (C=N–C) groups is 1. The van der Waals surface area contributed by atoms with E-state index in [4.69, 9.17) is 14.5 Å². The van der Waals surface area contributed by atoms with E-state index >= 15 is 0 Å². The van der Waals surface area contributed by atoms with Crippen LogP contribution in [0.4, 0.5) is 0 Å². The van der Waals surface area contributed by atoms with Gasteiger partial charge in [-0.05, 0) is 49.1 Å². The number of methoxy groups -OCH3 is 1. The van der Waals surface area contributed by atoms with Crippen molar-refractivity contribution in [1.29, 1.82) is 0 Å². The molecule has 5 heteroatoms. The molecule has 0 saturated heterocycles. The standard InChI is InChI=1S/C22H29N3O2/c1-4-23-22(25-15-19-7-5-16(2)13-21(19)26-3)24-11-9-17-6-8-20-18(14-17)10-12-27-20/h5-8,13-14H,4,9-12,15H2,1-3H3,(H2,23,24,25). The van der Waals surface area contributed by atoms with Crippen molar-refractivity contribution in [3.63, 3.8) is 0 Å². The van der Waals surface area contributed by atoms with Crippen LogP contribution in [0.3, 0.4) is 0 Å². The number of hydrogen-bond donors (Lipinski definition) is 2. The highest BCUT2D eigenvalue weighted by Crippen LogP contribution is 2.26. The lowest BCUT2D eigenvalue weighted by Crippen LogP contribution is -2.38. The average Bonchev–Trinajstić information content (AvgIpc) is 3.14. The number of nitrogens with zero attached hydrogens (tertiary/aromatic N) is 1. The van der Waals surface area contributed by atoms with Crippen LogP contribution in [0.15, 0.2) is 41.4 Å². The van der Waals surface area contributed by atoms with Gasteiger partial charge in [0.1, 0.15) is 11.5 Å². The van der Waals surface area contributed by atoms with E-state index in [0.717, 1.165) is 55.6 Å². The molecule has 2 aromatic carbocycles. The number of rotatable bonds is 7. The Labute approximate surface area is 161 Å². The average molecular weight is 367 g/mol. The Morgan fingerprint density at radius 1 is 1.19 bits per heavy atom. The number of aryl methyl sites for hydroxylation is 1. The second kappa shape index (κ2) is 9.31. The highest BCUT2D eigenvalue weighted by Gasteiger charge is 2.11. The Morgan fingerprint density at radius 3 is 2.89 bits per heavy atom. The van der Waals surface area contributed by atoms with Crippen LogP contribution in [0.1, 0.15) is 29.2 Å². The van der Waals surface area contributed by atoms with Crippen molar-refractivity contribution < 1.29 is 9.47 Å². The largest absolute Gasteiger partial charge is 0.496 e. The summed E-state index contributed by atoms with van der Waals surface area (Å²) in [4.78, 5) is 4.71. The molecular formula is C22H29N3O2. The first kappa shape index (κ1) is 19.1. The lowest BCUT2D eigenvalue weighted by Gasteiger charge is -2.13. The molecule has 0 aromatic heterocycles. The van der Waals surface area contributed by atoms with Crippen LogP contribution in [0.5, 0.6) is 11.5 Å². The summed E-state index contributed by atoms with van der Waals surface area (Å²) in [5, 5.41) is 6.73. The zero-order valence-corrected chi connectivity index (χ0v) is 16.5. The van der Waals surface area contributed by atoms with Crippen molar-refractivity contribution in [3.05, 3.63) is 58.7 Å². The van der Waals surface area contributed by atoms with Gasteiger partial charge in [0.05, 0.1) is 20.3 Å². The summed E-state index contributed by atoms with van der Waals surface area (Å²) in [6, 6.07) is 12.7. The molecule has 0 radical (unpaired) electrons. The molecule has 0 spiro atoms. The third-order valence-corrected chi connectivity index (χ3v) is 4.65. The van der Waals surface area contributed by atoms with E-state index in [1.165, 1.54) is 16.7 Å². The zero-order valence-electron chi connectivity index (χ0n) is 16.5. The van der Waals surface area contributed by atoms with Crippen LogP contribution in [-0.2, 0) is 19.4 Å². The summed E-state index contributed by atoms with van der Waals surface area (Å²) >= 11 is 0. The molecule has 0 fully saturated rings. The molecule has 0 unspecified atom stereocenters. The Kier molecular flexibility index (Phi) is 6.58. The topological polar surface area (TPSA) is 54.9 Å². The molecule has 2 N–H and O–H groups in total. The Balaban J connectivity index is 1.58. The maximum Gasteiger partial charge on any atom is 0.191 e. The Hall–Kier alpha value is -2.69. The minimum atomic E-state index is 0.578. The summed E-state index contributed by atoms with van der Waals surface area (Å²) in [5.74, 6) is 2.74. The first-order valence-electron chi connectivity index (χ1n) is 9.60. The first-order chi connectivity index (χ1) is 13.2. The SMILES string of the molecule is CCNC(=NCc1ccc(C)cc1OC)NCCc1ccc2c(c1)CCO2. The lowest BCUT2D eigenvalue weighted by molar-refractivity contribution is 0.357. The van der Waals surface area contributed by atoms with Crippen LogP contribution in [0.25, 0.3) is 0 Å². The van der Waals surface area contributed by atoms with Gasteiger partial charge in [-0.2, -0.15) is 0 Å². The van der Waals surface area contributed by atoms with E-state index in [2.05, 4.69) is 54.8 Å². The second-order valence-corrected chi connectivity index (χ2v) is 6.73. The normalized spacial score (nSPS) is 13.1. The molecular weight excluding hydrogens is 338 g/mol. The lowest BCUT2D eigenvalue weighted by atomic mass is 10.1. The predicted molar refractivity (Wildman–Crippen MR) is 110 cm³/mol. The van der Waals surface area contributed by atoms with Gasteiger partial charge >= 0.3 is 0 Å². The highest BCUT2D eigenvalue weighted by atomic mass is 16.5. The third kappa shape index (κ3) is 5.16. The fourth-order valence-corrected chi connectivity index (χ4v) is 3.21. The van der Waals surface area contributed by atoms with E-state index in [1.807, 2.05) is 6.07 Å². The number of benzene rings is 2. The van der Waals surface area contributed by atoms with Gasteiger partial charge in [-0.3, -0.25) is 0 Å². The summed E-state index contributed by atoms with van der Waals surface area (Å²) in [7, 11) is 1.70. The van der Waals surface area contributed by atoms with Crippen LogP contribution in [0, 0.1) is 6.92 Å². The van der Waals surface area contributed by atoms with E-state index < -0.39 is 0 Å². The van der Waals surface area contributed by atoms with Crippen molar-refractivity contribution >= 4 is 5.96 Å². The molecule has 0 bridgehead atoms. The van der Waals surface area contributed by atoms with Crippen LogP contribution < -0.4 is 20.1 Å². The molecule has 1 heterocycles. The van der Waals surface area contributed by atoms with Gasteiger partial charge in [-0.15, -0.1) is 0 Å². The van der Waals surface area contributed by atoms with E-state index in [0.29, 0.717) is 6.54 Å². The molecule has 0 atom stereocenters. The van der Waals surface area contributed by atoms with Crippen molar-refractivity contribution in [3.8, 4) is 11.5 Å². The number of nitrogens with one attached hydrogen (secondary N) is 2. The highest BCUT2D eigenvalue weighted by molar-refractivity contribution is 5.79. The van der Waals surface area contributed by atoms with E-state index in [-0.39, 0.29) is 0 Å². The van der Waals surface area contributed by atoms with Gasteiger partial charge in [0.25, 0.3) is 0 Å². The van der Waals surface area contributed by atoms with Crippen LogP contribution >= 0.6 is 0 Å². The molecule has 144 valence electrons. The maximum absolute atomic E-state index is 5.57. The Bertz CT molecular complexity index is 802.